The molecule has 1 aliphatic rings. The van der Waals surface area contributed by atoms with Gasteiger partial charge in [0.25, 0.3) is 11.8 Å². The van der Waals surface area contributed by atoms with Gasteiger partial charge < -0.3 is 15.0 Å². The van der Waals surface area contributed by atoms with Crippen LogP contribution in [0.5, 0.6) is 0 Å². The van der Waals surface area contributed by atoms with Crippen molar-refractivity contribution in [1.82, 2.24) is 24.5 Å². The van der Waals surface area contributed by atoms with Crippen LogP contribution in [0.3, 0.4) is 0 Å². The number of aromatic nitrogens is 4. The van der Waals surface area contributed by atoms with Gasteiger partial charge in [-0.2, -0.15) is 5.10 Å². The fraction of sp³-hybridized carbons (Fsp3) is 0.167. The monoisotopic (exact) mass is 368 g/mol. The molecule has 3 aromatic heterocycles. The number of carbonyl (C=O) groups is 1. The second-order valence-corrected chi connectivity index (χ2v) is 6.67. The SMILES string of the molecule is Nc1nc2cc(-c3ccn[nH]3)ccc2n2cc(C(=O)N3CC(F)(F)C3)cc12. The number of anilines is 1. The summed E-state index contributed by atoms with van der Waals surface area (Å²) >= 11 is 0. The molecule has 0 spiro atoms. The van der Waals surface area contributed by atoms with Crippen LogP contribution in [-0.2, 0) is 0 Å². The van der Waals surface area contributed by atoms with E-state index in [0.29, 0.717) is 16.6 Å². The molecule has 1 fully saturated rings. The standard InChI is InChI=1S/C18H14F2N6O/c19-18(20)8-25(9-18)17(27)11-6-15-16(21)23-13-5-10(12-3-4-22-24-12)1-2-14(13)26(15)7-11/h1-7H,8-9H2,(H2,21,23)(H,22,24). The predicted molar refractivity (Wildman–Crippen MR) is 95.5 cm³/mol. The summed E-state index contributed by atoms with van der Waals surface area (Å²) in [5, 5.41) is 6.83. The number of nitrogens with zero attached hydrogens (tertiary/aromatic N) is 4. The third kappa shape index (κ3) is 2.42. The fourth-order valence-electron chi connectivity index (χ4n) is 3.40. The first-order chi connectivity index (χ1) is 12.9. The Morgan fingerprint density at radius 2 is 2.00 bits per heavy atom. The molecule has 0 atom stereocenters. The van der Waals surface area contributed by atoms with E-state index >= 15 is 0 Å². The van der Waals surface area contributed by atoms with Gasteiger partial charge in [0.1, 0.15) is 5.82 Å². The van der Waals surface area contributed by atoms with Crippen molar-refractivity contribution in [3.63, 3.8) is 0 Å². The van der Waals surface area contributed by atoms with E-state index in [1.54, 1.807) is 22.9 Å². The molecule has 3 N–H and O–H groups in total. The first-order valence-corrected chi connectivity index (χ1v) is 8.29. The second kappa shape index (κ2) is 5.26. The van der Waals surface area contributed by atoms with Crippen molar-refractivity contribution in [2.75, 3.05) is 18.8 Å². The highest BCUT2D eigenvalue weighted by atomic mass is 19.3. The molecule has 136 valence electrons. The van der Waals surface area contributed by atoms with Crippen molar-refractivity contribution >= 4 is 28.3 Å². The van der Waals surface area contributed by atoms with E-state index in [2.05, 4.69) is 15.2 Å². The Bertz CT molecular complexity index is 1190. The van der Waals surface area contributed by atoms with E-state index in [1.807, 2.05) is 24.3 Å². The van der Waals surface area contributed by atoms with Gasteiger partial charge in [0.05, 0.1) is 40.9 Å². The molecule has 4 aromatic rings. The number of aromatic amines is 1. The van der Waals surface area contributed by atoms with Crippen LogP contribution in [0.1, 0.15) is 10.4 Å². The third-order valence-corrected chi connectivity index (χ3v) is 4.75. The number of H-pyrrole nitrogens is 1. The number of halogens is 2. The van der Waals surface area contributed by atoms with Gasteiger partial charge in [-0.25, -0.2) is 13.8 Å². The highest BCUT2D eigenvalue weighted by Crippen LogP contribution is 2.30. The van der Waals surface area contributed by atoms with Gasteiger partial charge >= 0.3 is 0 Å². The average Bonchev–Trinajstić information content (AvgIpc) is 3.28. The molecule has 9 heteroatoms. The van der Waals surface area contributed by atoms with Crippen LogP contribution < -0.4 is 5.73 Å². The molecule has 0 radical (unpaired) electrons. The smallest absolute Gasteiger partial charge is 0.282 e. The molecule has 0 unspecified atom stereocenters. The molecule has 0 aliphatic carbocycles. The summed E-state index contributed by atoms with van der Waals surface area (Å²) in [6.45, 7) is -1.11. The maximum absolute atomic E-state index is 13.1. The minimum atomic E-state index is -2.80. The first-order valence-electron chi connectivity index (χ1n) is 8.29. The summed E-state index contributed by atoms with van der Waals surface area (Å²) in [4.78, 5) is 18.0. The largest absolute Gasteiger partial charge is 0.382 e. The number of fused-ring (bicyclic) bond motifs is 3. The summed E-state index contributed by atoms with van der Waals surface area (Å²) in [6.07, 6.45) is 3.28. The number of hydrogen-bond donors (Lipinski definition) is 2. The summed E-state index contributed by atoms with van der Waals surface area (Å²) in [5.41, 5.74) is 10.1. The summed E-state index contributed by atoms with van der Waals surface area (Å²) in [7, 11) is 0. The van der Waals surface area contributed by atoms with Crippen LogP contribution in [0.15, 0.2) is 42.7 Å². The van der Waals surface area contributed by atoms with Gasteiger partial charge in [0.2, 0.25) is 0 Å². The molecule has 27 heavy (non-hydrogen) atoms. The molecule has 1 saturated heterocycles. The Balaban J connectivity index is 1.60. The van der Waals surface area contributed by atoms with Gasteiger partial charge in [-0.15, -0.1) is 0 Å². The molecule has 4 heterocycles. The number of nitrogens with one attached hydrogen (secondary N) is 1. The lowest BCUT2D eigenvalue weighted by Crippen LogP contribution is -2.58. The number of carbonyl (C=O) groups excluding carboxylic acids is 1. The number of amides is 1. The number of benzene rings is 1. The minimum Gasteiger partial charge on any atom is -0.382 e. The van der Waals surface area contributed by atoms with Gasteiger partial charge in [0.15, 0.2) is 0 Å². The molecule has 5 rings (SSSR count). The van der Waals surface area contributed by atoms with Gasteiger partial charge in [-0.3, -0.25) is 9.89 Å². The number of alkyl halides is 2. The van der Waals surface area contributed by atoms with Crippen molar-refractivity contribution in [1.29, 1.82) is 0 Å². The highest BCUT2D eigenvalue weighted by Gasteiger charge is 2.46. The maximum atomic E-state index is 13.1. The Hall–Kier alpha value is -3.49. The van der Waals surface area contributed by atoms with Crippen molar-refractivity contribution in [2.24, 2.45) is 0 Å². The fourth-order valence-corrected chi connectivity index (χ4v) is 3.40. The minimum absolute atomic E-state index is 0.261. The zero-order chi connectivity index (χ0) is 18.8. The normalized spacial score (nSPS) is 16.0. The molecule has 7 nitrogen and oxygen atoms in total. The van der Waals surface area contributed by atoms with Gasteiger partial charge in [-0.05, 0) is 24.3 Å². The Labute approximate surface area is 151 Å². The second-order valence-electron chi connectivity index (χ2n) is 6.67. The quantitative estimate of drug-likeness (QED) is 0.569. The third-order valence-electron chi connectivity index (χ3n) is 4.75. The number of nitrogen functional groups attached to an aromatic ring is 1. The van der Waals surface area contributed by atoms with Crippen molar-refractivity contribution in [2.45, 2.75) is 5.92 Å². The maximum Gasteiger partial charge on any atom is 0.282 e. The summed E-state index contributed by atoms with van der Waals surface area (Å²) in [5.74, 6) is -2.98. The number of hydrogen-bond acceptors (Lipinski definition) is 4. The van der Waals surface area contributed by atoms with Gasteiger partial charge in [0, 0.05) is 18.0 Å². The van der Waals surface area contributed by atoms with Crippen LogP contribution in [0.25, 0.3) is 27.8 Å². The molecule has 1 aromatic carbocycles. The zero-order valence-corrected chi connectivity index (χ0v) is 14.0. The van der Waals surface area contributed by atoms with E-state index < -0.39 is 24.9 Å². The van der Waals surface area contributed by atoms with Crippen LogP contribution in [0.4, 0.5) is 14.6 Å². The number of likely N-dealkylation sites (tertiary alicyclic amines) is 1. The van der Waals surface area contributed by atoms with Crippen LogP contribution in [-0.4, -0.2) is 49.4 Å². The van der Waals surface area contributed by atoms with Crippen LogP contribution in [0.2, 0.25) is 0 Å². The van der Waals surface area contributed by atoms with E-state index in [-0.39, 0.29) is 5.82 Å². The van der Waals surface area contributed by atoms with Crippen molar-refractivity contribution in [3.05, 3.63) is 48.3 Å². The van der Waals surface area contributed by atoms with Gasteiger partial charge in [-0.1, -0.05) is 6.07 Å². The molecular weight excluding hydrogens is 354 g/mol. The molecule has 0 saturated carbocycles. The lowest BCUT2D eigenvalue weighted by atomic mass is 10.1. The molecular formula is C18H14F2N6O. The average molecular weight is 368 g/mol. The Kier molecular flexibility index (Phi) is 3.06. The van der Waals surface area contributed by atoms with Crippen LogP contribution in [0, 0.1) is 0 Å². The predicted octanol–water partition coefficient (Wildman–Crippen LogP) is 2.55. The summed E-state index contributed by atoms with van der Waals surface area (Å²) in [6, 6.07) is 9.08. The van der Waals surface area contributed by atoms with E-state index in [1.165, 1.54) is 0 Å². The van der Waals surface area contributed by atoms with Crippen molar-refractivity contribution in [3.8, 4) is 11.3 Å². The topological polar surface area (TPSA) is 92.3 Å². The zero-order valence-electron chi connectivity index (χ0n) is 14.0. The number of nitrogens with two attached hydrogens (primary N) is 1. The first kappa shape index (κ1) is 15.7. The summed E-state index contributed by atoms with van der Waals surface area (Å²) < 4.78 is 27.9. The lowest BCUT2D eigenvalue weighted by Gasteiger charge is -2.38. The lowest BCUT2D eigenvalue weighted by molar-refractivity contribution is -0.113. The highest BCUT2D eigenvalue weighted by molar-refractivity contribution is 5.98. The van der Waals surface area contributed by atoms with E-state index in [0.717, 1.165) is 21.7 Å². The van der Waals surface area contributed by atoms with E-state index in [4.69, 9.17) is 5.73 Å². The molecule has 1 amide bonds. The Morgan fingerprint density at radius 1 is 1.19 bits per heavy atom. The number of rotatable bonds is 2. The van der Waals surface area contributed by atoms with E-state index in [9.17, 15) is 13.6 Å². The van der Waals surface area contributed by atoms with Crippen molar-refractivity contribution < 1.29 is 13.6 Å². The molecule has 0 bridgehead atoms. The Morgan fingerprint density at radius 3 is 2.70 bits per heavy atom. The van der Waals surface area contributed by atoms with Crippen LogP contribution >= 0.6 is 0 Å². The molecule has 1 aliphatic heterocycles.